The van der Waals surface area contributed by atoms with Crippen molar-refractivity contribution in [2.45, 2.75) is 12.7 Å². The molecule has 0 aromatic heterocycles. The molecule has 27 heavy (non-hydrogen) atoms. The van der Waals surface area contributed by atoms with Gasteiger partial charge in [-0.2, -0.15) is 13.2 Å². The molecule has 2 aliphatic heterocycles. The van der Waals surface area contributed by atoms with Crippen LogP contribution in [-0.4, -0.2) is 80.1 Å². The maximum Gasteiger partial charge on any atom is 0.416 e. The quantitative estimate of drug-likeness (QED) is 0.835. The molecule has 3 rings (SSSR count). The van der Waals surface area contributed by atoms with E-state index < -0.39 is 11.7 Å². The third kappa shape index (κ3) is 5.33. The Balaban J connectivity index is 1.72. The number of benzene rings is 1. The number of anilines is 1. The zero-order valence-corrected chi connectivity index (χ0v) is 15.5. The first-order valence-electron chi connectivity index (χ1n) is 9.20. The lowest BCUT2D eigenvalue weighted by Crippen LogP contribution is -2.48. The molecule has 1 aromatic rings. The number of hydrogen-bond donors (Lipinski definition) is 2. The van der Waals surface area contributed by atoms with Crippen LogP contribution in [0.3, 0.4) is 0 Å². The third-order valence-electron chi connectivity index (χ3n) is 5.06. The molecule has 0 unspecified atom stereocenters. The van der Waals surface area contributed by atoms with Crippen LogP contribution in [-0.2, 0) is 12.7 Å². The van der Waals surface area contributed by atoms with E-state index in [0.29, 0.717) is 26.2 Å². The van der Waals surface area contributed by atoms with Gasteiger partial charge in [0.1, 0.15) is 0 Å². The van der Waals surface area contributed by atoms with E-state index in [-0.39, 0.29) is 23.8 Å². The van der Waals surface area contributed by atoms with E-state index >= 15 is 0 Å². The Bertz CT molecular complexity index is 653. The van der Waals surface area contributed by atoms with E-state index in [2.05, 4.69) is 15.5 Å². The first kappa shape index (κ1) is 19.9. The number of nitrogens with one attached hydrogen (secondary N) is 2. The molecule has 6 nitrogen and oxygen atoms in total. The fourth-order valence-electron chi connectivity index (χ4n) is 3.37. The molecule has 0 atom stereocenters. The summed E-state index contributed by atoms with van der Waals surface area (Å²) in [5.41, 5.74) is -0.264. The lowest BCUT2D eigenvalue weighted by Gasteiger charge is -2.33. The van der Waals surface area contributed by atoms with E-state index in [0.717, 1.165) is 32.2 Å². The molecule has 0 spiro atoms. The number of rotatable bonds is 3. The lowest BCUT2D eigenvalue weighted by atomic mass is 10.0. The SMILES string of the molecule is CN1CCN(Cc2ccc(NC(=O)N3CCNCC3)cc2C(F)(F)F)CC1. The van der Waals surface area contributed by atoms with Gasteiger partial charge in [-0.25, -0.2) is 4.79 Å². The molecule has 1 aromatic carbocycles. The highest BCUT2D eigenvalue weighted by molar-refractivity contribution is 5.89. The van der Waals surface area contributed by atoms with Gasteiger partial charge < -0.3 is 20.4 Å². The summed E-state index contributed by atoms with van der Waals surface area (Å²) in [6.45, 7) is 5.90. The van der Waals surface area contributed by atoms with Crippen molar-refractivity contribution in [1.82, 2.24) is 20.0 Å². The minimum atomic E-state index is -4.46. The maximum atomic E-state index is 13.6. The van der Waals surface area contributed by atoms with Gasteiger partial charge in [0.25, 0.3) is 0 Å². The number of nitrogens with zero attached hydrogens (tertiary/aromatic N) is 3. The Hall–Kier alpha value is -1.84. The number of carbonyl (C=O) groups excluding carboxylic acids is 1. The Kier molecular flexibility index (Phi) is 6.23. The fraction of sp³-hybridized carbons (Fsp3) is 0.611. The van der Waals surface area contributed by atoms with Gasteiger partial charge in [-0.1, -0.05) is 6.07 Å². The van der Waals surface area contributed by atoms with E-state index in [1.54, 1.807) is 11.0 Å². The Morgan fingerprint density at radius 1 is 1.11 bits per heavy atom. The third-order valence-corrected chi connectivity index (χ3v) is 5.06. The summed E-state index contributed by atoms with van der Waals surface area (Å²) < 4.78 is 40.7. The zero-order chi connectivity index (χ0) is 19.4. The highest BCUT2D eigenvalue weighted by Gasteiger charge is 2.34. The fourth-order valence-corrected chi connectivity index (χ4v) is 3.37. The molecular formula is C18H26F3N5O. The van der Waals surface area contributed by atoms with E-state index in [4.69, 9.17) is 0 Å². The molecule has 9 heteroatoms. The molecule has 150 valence electrons. The van der Waals surface area contributed by atoms with E-state index in [9.17, 15) is 18.0 Å². The number of amides is 2. The van der Waals surface area contributed by atoms with E-state index in [1.807, 2.05) is 11.9 Å². The average Bonchev–Trinajstić information content (AvgIpc) is 2.64. The van der Waals surface area contributed by atoms with Crippen LogP contribution in [0.1, 0.15) is 11.1 Å². The zero-order valence-electron chi connectivity index (χ0n) is 15.5. The van der Waals surface area contributed by atoms with Gasteiger partial charge in [-0.05, 0) is 24.7 Å². The van der Waals surface area contributed by atoms with Gasteiger partial charge >= 0.3 is 12.2 Å². The van der Waals surface area contributed by atoms with Gasteiger partial charge in [-0.3, -0.25) is 4.90 Å². The summed E-state index contributed by atoms with van der Waals surface area (Å²) in [7, 11) is 2.01. The van der Waals surface area contributed by atoms with Crippen LogP contribution in [0.15, 0.2) is 18.2 Å². The summed E-state index contributed by atoms with van der Waals surface area (Å²) >= 11 is 0. The summed E-state index contributed by atoms with van der Waals surface area (Å²) in [6.07, 6.45) is -4.46. The standard InChI is InChI=1S/C18H26F3N5O/c1-24-8-10-25(11-9-24)13-14-2-3-15(12-16(14)18(19,20)21)23-17(27)26-6-4-22-5-7-26/h2-3,12,22H,4-11,13H2,1H3,(H,23,27). The van der Waals surface area contributed by atoms with Gasteiger partial charge in [-0.15, -0.1) is 0 Å². The summed E-state index contributed by atoms with van der Waals surface area (Å²) in [6, 6.07) is 3.72. The molecule has 2 heterocycles. The van der Waals surface area contributed by atoms with Crippen LogP contribution >= 0.6 is 0 Å². The summed E-state index contributed by atoms with van der Waals surface area (Å²) in [5, 5.41) is 5.73. The number of likely N-dealkylation sites (N-methyl/N-ethyl adjacent to an activating group) is 1. The van der Waals surface area contributed by atoms with Crippen molar-refractivity contribution in [2.75, 3.05) is 64.7 Å². The van der Waals surface area contributed by atoms with Crippen molar-refractivity contribution in [3.05, 3.63) is 29.3 Å². The molecule has 0 bridgehead atoms. The molecule has 2 N–H and O–H groups in total. The summed E-state index contributed by atoms with van der Waals surface area (Å²) in [5.74, 6) is 0. The second kappa shape index (κ2) is 8.45. The van der Waals surface area contributed by atoms with Crippen LogP contribution < -0.4 is 10.6 Å². The molecule has 2 fully saturated rings. The van der Waals surface area contributed by atoms with Crippen molar-refractivity contribution >= 4 is 11.7 Å². The first-order chi connectivity index (χ1) is 12.8. The largest absolute Gasteiger partial charge is 0.416 e. The predicted molar refractivity (Wildman–Crippen MR) is 97.7 cm³/mol. The molecule has 2 aliphatic rings. The Morgan fingerprint density at radius 3 is 2.41 bits per heavy atom. The van der Waals surface area contributed by atoms with Crippen molar-refractivity contribution in [1.29, 1.82) is 0 Å². The smallest absolute Gasteiger partial charge is 0.322 e. The number of hydrogen-bond acceptors (Lipinski definition) is 4. The van der Waals surface area contributed by atoms with Crippen LogP contribution in [0.2, 0.25) is 0 Å². The number of urea groups is 1. The normalized spacial score (nSPS) is 19.9. The minimum Gasteiger partial charge on any atom is -0.322 e. The van der Waals surface area contributed by atoms with Crippen LogP contribution in [0.5, 0.6) is 0 Å². The van der Waals surface area contributed by atoms with Crippen molar-refractivity contribution < 1.29 is 18.0 Å². The monoisotopic (exact) mass is 385 g/mol. The van der Waals surface area contributed by atoms with Crippen molar-refractivity contribution in [3.63, 3.8) is 0 Å². The number of carbonyl (C=O) groups is 1. The number of halogens is 3. The maximum absolute atomic E-state index is 13.6. The van der Waals surface area contributed by atoms with Crippen molar-refractivity contribution in [3.8, 4) is 0 Å². The molecular weight excluding hydrogens is 359 g/mol. The molecule has 2 amide bonds. The van der Waals surface area contributed by atoms with Crippen molar-refractivity contribution in [2.24, 2.45) is 0 Å². The Labute approximate surface area is 157 Å². The second-order valence-corrected chi connectivity index (χ2v) is 7.12. The highest BCUT2D eigenvalue weighted by Crippen LogP contribution is 2.34. The molecule has 0 aliphatic carbocycles. The van der Waals surface area contributed by atoms with E-state index in [1.165, 1.54) is 6.07 Å². The van der Waals surface area contributed by atoms with Gasteiger partial charge in [0, 0.05) is 64.6 Å². The molecule has 0 saturated carbocycles. The number of piperazine rings is 2. The topological polar surface area (TPSA) is 50.9 Å². The summed E-state index contributed by atoms with van der Waals surface area (Å²) in [4.78, 5) is 18.0. The van der Waals surface area contributed by atoms with Crippen LogP contribution in [0.4, 0.5) is 23.7 Å². The van der Waals surface area contributed by atoms with Gasteiger partial charge in [0.15, 0.2) is 0 Å². The predicted octanol–water partition coefficient (Wildman–Crippen LogP) is 1.89. The molecule has 2 saturated heterocycles. The minimum absolute atomic E-state index is 0.174. The highest BCUT2D eigenvalue weighted by atomic mass is 19.4. The molecule has 0 radical (unpaired) electrons. The van der Waals surface area contributed by atoms with Gasteiger partial charge in [0.05, 0.1) is 5.56 Å². The Morgan fingerprint density at radius 2 is 1.78 bits per heavy atom. The number of alkyl halides is 3. The average molecular weight is 385 g/mol. The van der Waals surface area contributed by atoms with Crippen LogP contribution in [0, 0.1) is 0 Å². The first-order valence-corrected chi connectivity index (χ1v) is 9.20. The van der Waals surface area contributed by atoms with Crippen LogP contribution in [0.25, 0.3) is 0 Å². The second-order valence-electron chi connectivity index (χ2n) is 7.12. The van der Waals surface area contributed by atoms with Gasteiger partial charge in [0.2, 0.25) is 0 Å². The lowest BCUT2D eigenvalue weighted by molar-refractivity contribution is -0.138.